The van der Waals surface area contributed by atoms with E-state index < -0.39 is 0 Å². The lowest BCUT2D eigenvalue weighted by atomic mass is 9.94. The van der Waals surface area contributed by atoms with Crippen molar-refractivity contribution < 1.29 is 4.79 Å². The summed E-state index contributed by atoms with van der Waals surface area (Å²) in [4.78, 5) is 20.3. The zero-order valence-corrected chi connectivity index (χ0v) is 16.4. The molecule has 2 aromatic heterocycles. The van der Waals surface area contributed by atoms with Gasteiger partial charge >= 0.3 is 0 Å². The van der Waals surface area contributed by atoms with Crippen LogP contribution in [0.1, 0.15) is 41.8 Å². The molecule has 1 saturated carbocycles. The van der Waals surface area contributed by atoms with Crippen molar-refractivity contribution in [3.05, 3.63) is 57.5 Å². The summed E-state index contributed by atoms with van der Waals surface area (Å²) < 4.78 is 0.926. The lowest BCUT2D eigenvalue weighted by Gasteiger charge is -2.33. The minimum Gasteiger partial charge on any atom is -0.289 e. The van der Waals surface area contributed by atoms with E-state index in [4.69, 9.17) is 23.2 Å². The second-order valence-corrected chi connectivity index (χ2v) is 8.41. The monoisotopic (exact) mass is 404 g/mol. The van der Waals surface area contributed by atoms with Gasteiger partial charge in [-0.05, 0) is 37.1 Å². The van der Waals surface area contributed by atoms with Gasteiger partial charge in [0.2, 0.25) is 0 Å². The van der Waals surface area contributed by atoms with E-state index in [0.29, 0.717) is 20.7 Å². The Hall–Kier alpha value is -1.62. The molecule has 1 aliphatic rings. The second-order valence-electron chi connectivity index (χ2n) is 6.54. The van der Waals surface area contributed by atoms with Crippen LogP contribution in [-0.4, -0.2) is 16.9 Å². The first kappa shape index (κ1) is 17.8. The first-order chi connectivity index (χ1) is 12.6. The third-order valence-corrected chi connectivity index (χ3v) is 6.72. The standard InChI is InChI=1S/C20H18Cl2N2OS/c21-13-9-10-15-16(12-13)26-19(18(15)22)20(25)24(14-6-2-1-3-7-14)17-8-4-5-11-23-17/h4-5,8-12,14H,1-3,6-7H2. The van der Waals surface area contributed by atoms with Crippen LogP contribution in [-0.2, 0) is 0 Å². The predicted octanol–water partition coefficient (Wildman–Crippen LogP) is 6.58. The van der Waals surface area contributed by atoms with Gasteiger partial charge in [0.05, 0.1) is 5.02 Å². The van der Waals surface area contributed by atoms with Crippen molar-refractivity contribution in [1.82, 2.24) is 4.98 Å². The van der Waals surface area contributed by atoms with Crippen molar-refractivity contribution in [2.75, 3.05) is 4.90 Å². The van der Waals surface area contributed by atoms with Crippen molar-refractivity contribution >= 4 is 56.3 Å². The highest BCUT2D eigenvalue weighted by atomic mass is 35.5. The molecule has 6 heteroatoms. The summed E-state index contributed by atoms with van der Waals surface area (Å²) in [6, 6.07) is 11.4. The van der Waals surface area contributed by atoms with E-state index in [1.807, 2.05) is 35.2 Å². The van der Waals surface area contributed by atoms with Crippen LogP contribution in [0, 0.1) is 0 Å². The molecule has 4 rings (SSSR count). The first-order valence-electron chi connectivity index (χ1n) is 8.77. The zero-order chi connectivity index (χ0) is 18.1. The van der Waals surface area contributed by atoms with E-state index in [-0.39, 0.29) is 11.9 Å². The number of fused-ring (bicyclic) bond motifs is 1. The Morgan fingerprint density at radius 1 is 1.12 bits per heavy atom. The maximum Gasteiger partial charge on any atom is 0.271 e. The number of aromatic nitrogens is 1. The number of anilines is 1. The van der Waals surface area contributed by atoms with E-state index in [9.17, 15) is 4.79 Å². The van der Waals surface area contributed by atoms with Crippen molar-refractivity contribution in [3.8, 4) is 0 Å². The summed E-state index contributed by atoms with van der Waals surface area (Å²) in [5.74, 6) is 0.619. The molecule has 2 heterocycles. The summed E-state index contributed by atoms with van der Waals surface area (Å²) in [5.41, 5.74) is 0. The van der Waals surface area contributed by atoms with Crippen LogP contribution in [0.5, 0.6) is 0 Å². The molecule has 1 amide bonds. The van der Waals surface area contributed by atoms with Crippen LogP contribution in [0.2, 0.25) is 10.0 Å². The molecule has 1 aliphatic carbocycles. The summed E-state index contributed by atoms with van der Waals surface area (Å²) in [5, 5.41) is 2.01. The topological polar surface area (TPSA) is 33.2 Å². The van der Waals surface area contributed by atoms with Crippen LogP contribution >= 0.6 is 34.5 Å². The van der Waals surface area contributed by atoms with Crippen LogP contribution in [0.25, 0.3) is 10.1 Å². The van der Waals surface area contributed by atoms with Gasteiger partial charge in [0.25, 0.3) is 5.91 Å². The number of benzene rings is 1. The highest BCUT2D eigenvalue weighted by Gasteiger charge is 2.31. The molecule has 0 spiro atoms. The molecule has 1 aromatic carbocycles. The average molecular weight is 405 g/mol. The van der Waals surface area contributed by atoms with Gasteiger partial charge in [0.15, 0.2) is 0 Å². The fourth-order valence-corrected chi connectivity index (χ4v) is 5.30. The highest BCUT2D eigenvalue weighted by Crippen LogP contribution is 2.39. The molecular weight excluding hydrogens is 387 g/mol. The van der Waals surface area contributed by atoms with E-state index >= 15 is 0 Å². The molecule has 0 atom stereocenters. The Morgan fingerprint density at radius 3 is 2.65 bits per heavy atom. The van der Waals surface area contributed by atoms with E-state index in [2.05, 4.69) is 4.98 Å². The van der Waals surface area contributed by atoms with E-state index in [1.165, 1.54) is 17.8 Å². The maximum absolute atomic E-state index is 13.5. The number of amides is 1. The smallest absolute Gasteiger partial charge is 0.271 e. The minimum atomic E-state index is -0.0714. The third kappa shape index (κ3) is 3.34. The molecule has 0 aliphatic heterocycles. The Morgan fingerprint density at radius 2 is 1.92 bits per heavy atom. The number of thiophene rings is 1. The Kier molecular flexibility index (Phi) is 5.16. The number of hydrogen-bond donors (Lipinski definition) is 0. The number of carbonyl (C=O) groups excluding carboxylic acids is 1. The number of rotatable bonds is 3. The number of halogens is 2. The molecule has 1 fully saturated rings. The fourth-order valence-electron chi connectivity index (χ4n) is 3.58. The molecule has 134 valence electrons. The Labute approximate surface area is 166 Å². The molecule has 0 radical (unpaired) electrons. The molecular formula is C20H18Cl2N2OS. The fraction of sp³-hybridized carbons (Fsp3) is 0.300. The number of carbonyl (C=O) groups is 1. The lowest BCUT2D eigenvalue weighted by Crippen LogP contribution is -2.42. The van der Waals surface area contributed by atoms with Crippen molar-refractivity contribution in [3.63, 3.8) is 0 Å². The highest BCUT2D eigenvalue weighted by molar-refractivity contribution is 7.21. The molecule has 3 nitrogen and oxygen atoms in total. The minimum absolute atomic E-state index is 0.0714. The quantitative estimate of drug-likeness (QED) is 0.493. The van der Waals surface area contributed by atoms with Gasteiger partial charge < -0.3 is 0 Å². The molecule has 0 saturated heterocycles. The van der Waals surface area contributed by atoms with Gasteiger partial charge in [-0.25, -0.2) is 4.98 Å². The van der Waals surface area contributed by atoms with E-state index in [1.54, 1.807) is 12.3 Å². The van der Waals surface area contributed by atoms with E-state index in [0.717, 1.165) is 35.8 Å². The van der Waals surface area contributed by atoms with Crippen molar-refractivity contribution in [2.24, 2.45) is 0 Å². The second kappa shape index (κ2) is 7.55. The van der Waals surface area contributed by atoms with Gasteiger partial charge in [-0.1, -0.05) is 54.6 Å². The van der Waals surface area contributed by atoms with Gasteiger partial charge in [0, 0.05) is 27.3 Å². The van der Waals surface area contributed by atoms with Crippen LogP contribution in [0.3, 0.4) is 0 Å². The summed E-state index contributed by atoms with van der Waals surface area (Å²) in [7, 11) is 0. The Balaban J connectivity index is 1.78. The normalized spacial score (nSPS) is 15.3. The van der Waals surface area contributed by atoms with Gasteiger partial charge in [0.1, 0.15) is 10.7 Å². The SMILES string of the molecule is O=C(c1sc2cc(Cl)ccc2c1Cl)N(c1ccccn1)C1CCCCC1. The Bertz CT molecular complexity index is 936. The summed E-state index contributed by atoms with van der Waals surface area (Å²) >= 11 is 14.1. The molecule has 0 unspecified atom stereocenters. The maximum atomic E-state index is 13.5. The zero-order valence-electron chi connectivity index (χ0n) is 14.1. The van der Waals surface area contributed by atoms with Crippen molar-refractivity contribution in [1.29, 1.82) is 0 Å². The average Bonchev–Trinajstić information content (AvgIpc) is 2.99. The molecule has 3 aromatic rings. The lowest BCUT2D eigenvalue weighted by molar-refractivity contribution is 0.0974. The summed E-state index contributed by atoms with van der Waals surface area (Å²) in [6.45, 7) is 0. The largest absolute Gasteiger partial charge is 0.289 e. The molecule has 0 bridgehead atoms. The third-order valence-electron chi connectivity index (χ3n) is 4.84. The van der Waals surface area contributed by atoms with Gasteiger partial charge in [-0.3, -0.25) is 9.69 Å². The number of nitrogens with zero attached hydrogens (tertiary/aromatic N) is 2. The van der Waals surface area contributed by atoms with Gasteiger partial charge in [-0.15, -0.1) is 11.3 Å². The van der Waals surface area contributed by atoms with Crippen LogP contribution in [0.4, 0.5) is 5.82 Å². The summed E-state index contributed by atoms with van der Waals surface area (Å²) in [6.07, 6.45) is 7.22. The number of hydrogen-bond acceptors (Lipinski definition) is 3. The van der Waals surface area contributed by atoms with Crippen molar-refractivity contribution in [2.45, 2.75) is 38.1 Å². The molecule has 26 heavy (non-hydrogen) atoms. The predicted molar refractivity (Wildman–Crippen MR) is 110 cm³/mol. The van der Waals surface area contributed by atoms with Crippen LogP contribution in [0.15, 0.2) is 42.6 Å². The molecule has 0 N–H and O–H groups in total. The van der Waals surface area contributed by atoms with Crippen LogP contribution < -0.4 is 4.90 Å². The first-order valence-corrected chi connectivity index (χ1v) is 10.3. The van der Waals surface area contributed by atoms with Gasteiger partial charge in [-0.2, -0.15) is 0 Å². The number of pyridine rings is 1.